The Morgan fingerprint density at radius 2 is 2.30 bits per heavy atom. The number of ether oxygens (including phenoxy) is 1. The second-order valence-electron chi connectivity index (χ2n) is 5.14. The van der Waals surface area contributed by atoms with Crippen LogP contribution >= 0.6 is 11.8 Å². The van der Waals surface area contributed by atoms with E-state index in [9.17, 15) is 4.79 Å². The van der Waals surface area contributed by atoms with E-state index in [1.165, 1.54) is 31.5 Å². The van der Waals surface area contributed by atoms with Crippen LogP contribution in [-0.2, 0) is 11.2 Å². The Bertz CT molecular complexity index is 617. The molecule has 0 spiro atoms. The molecule has 1 aliphatic rings. The Balaban J connectivity index is 1.84. The first-order chi connectivity index (χ1) is 9.78. The Kier molecular flexibility index (Phi) is 3.96. The van der Waals surface area contributed by atoms with Gasteiger partial charge in [0.25, 0.3) is 0 Å². The van der Waals surface area contributed by atoms with E-state index in [4.69, 9.17) is 4.74 Å². The maximum Gasteiger partial charge on any atom is 0.337 e. The summed E-state index contributed by atoms with van der Waals surface area (Å²) in [6.07, 6.45) is 7.33. The van der Waals surface area contributed by atoms with Crippen molar-refractivity contribution >= 4 is 23.2 Å². The molecule has 0 radical (unpaired) electrons. The van der Waals surface area contributed by atoms with Crippen molar-refractivity contribution in [3.8, 4) is 0 Å². The normalized spacial score (nSPS) is 16.4. The van der Waals surface area contributed by atoms with Crippen molar-refractivity contribution in [2.45, 2.75) is 19.3 Å². The summed E-state index contributed by atoms with van der Waals surface area (Å²) in [4.78, 5) is 16.0. The first kappa shape index (κ1) is 13.5. The average Bonchev–Trinajstić information content (AvgIpc) is 2.90. The summed E-state index contributed by atoms with van der Waals surface area (Å²) < 4.78 is 6.82. The lowest BCUT2D eigenvalue weighted by Crippen LogP contribution is -2.14. The molecule has 0 aliphatic carbocycles. The lowest BCUT2D eigenvalue weighted by molar-refractivity contribution is 0.0600. The van der Waals surface area contributed by atoms with Crippen molar-refractivity contribution in [2.24, 2.45) is 5.92 Å². The molecule has 3 heterocycles. The zero-order valence-corrected chi connectivity index (χ0v) is 12.4. The predicted molar refractivity (Wildman–Crippen MR) is 80.3 cm³/mol. The van der Waals surface area contributed by atoms with E-state index in [1.54, 1.807) is 6.07 Å². The lowest BCUT2D eigenvalue weighted by Gasteiger charge is -2.20. The highest BCUT2D eigenvalue weighted by Crippen LogP contribution is 2.26. The van der Waals surface area contributed by atoms with Crippen molar-refractivity contribution in [2.75, 3.05) is 18.6 Å². The monoisotopic (exact) mass is 290 g/mol. The number of hydrogen-bond donors (Lipinski definition) is 0. The second kappa shape index (κ2) is 5.87. The summed E-state index contributed by atoms with van der Waals surface area (Å²) in [6, 6.07) is 3.62. The number of pyridine rings is 1. The fourth-order valence-corrected chi connectivity index (χ4v) is 3.86. The summed E-state index contributed by atoms with van der Waals surface area (Å²) in [7, 11) is 1.40. The van der Waals surface area contributed by atoms with Gasteiger partial charge in [-0.15, -0.1) is 0 Å². The van der Waals surface area contributed by atoms with Crippen LogP contribution < -0.4 is 0 Å². The van der Waals surface area contributed by atoms with Crippen molar-refractivity contribution < 1.29 is 9.53 Å². The van der Waals surface area contributed by atoms with E-state index in [1.807, 2.05) is 30.2 Å². The minimum atomic E-state index is -0.306. The molecule has 1 fully saturated rings. The highest BCUT2D eigenvalue weighted by molar-refractivity contribution is 7.99. The number of methoxy groups -OCH3 is 1. The van der Waals surface area contributed by atoms with Crippen LogP contribution in [0.15, 0.2) is 24.5 Å². The van der Waals surface area contributed by atoms with Crippen LogP contribution in [0.5, 0.6) is 0 Å². The van der Waals surface area contributed by atoms with Crippen LogP contribution in [0.1, 0.15) is 29.0 Å². The zero-order valence-electron chi connectivity index (χ0n) is 11.5. The molecule has 4 nitrogen and oxygen atoms in total. The highest BCUT2D eigenvalue weighted by atomic mass is 32.2. The molecule has 0 atom stereocenters. The Labute approximate surface area is 122 Å². The Hall–Kier alpha value is -1.49. The number of hydrogen-bond acceptors (Lipinski definition) is 4. The molecule has 5 heteroatoms. The third kappa shape index (κ3) is 2.68. The molecule has 1 saturated heterocycles. The van der Waals surface area contributed by atoms with Crippen molar-refractivity contribution in [1.82, 2.24) is 9.38 Å². The first-order valence-corrected chi connectivity index (χ1v) is 8.05. The number of imidazole rings is 1. The van der Waals surface area contributed by atoms with E-state index in [0.29, 0.717) is 5.56 Å². The molecule has 0 N–H and O–H groups in total. The number of nitrogens with zero attached hydrogens (tertiary/aromatic N) is 2. The van der Waals surface area contributed by atoms with Gasteiger partial charge in [-0.25, -0.2) is 9.78 Å². The second-order valence-corrected chi connectivity index (χ2v) is 6.36. The van der Waals surface area contributed by atoms with Crippen LogP contribution in [0.25, 0.3) is 5.52 Å². The Morgan fingerprint density at radius 3 is 3.05 bits per heavy atom. The van der Waals surface area contributed by atoms with Crippen LogP contribution in [-0.4, -0.2) is 34.0 Å². The van der Waals surface area contributed by atoms with Crippen LogP contribution in [0.3, 0.4) is 0 Å². The average molecular weight is 290 g/mol. The summed E-state index contributed by atoms with van der Waals surface area (Å²) in [5.74, 6) is 4.05. The van der Waals surface area contributed by atoms with Crippen molar-refractivity contribution in [3.05, 3.63) is 35.9 Å². The van der Waals surface area contributed by atoms with E-state index in [-0.39, 0.29) is 5.97 Å². The standard InChI is InChI=1S/C15H18N2O2S/c1-19-15(18)12-2-5-17-13(9-12)10-16-14(17)8-11-3-6-20-7-4-11/h2,5,9-11H,3-4,6-8H2,1H3. The molecule has 0 aromatic carbocycles. The van der Waals surface area contributed by atoms with Crippen LogP contribution in [0.4, 0.5) is 0 Å². The van der Waals surface area contributed by atoms with Gasteiger partial charge in [0.15, 0.2) is 0 Å². The molecule has 20 heavy (non-hydrogen) atoms. The molecule has 3 rings (SSSR count). The summed E-state index contributed by atoms with van der Waals surface area (Å²) in [5.41, 5.74) is 1.52. The van der Waals surface area contributed by atoms with Gasteiger partial charge < -0.3 is 9.14 Å². The third-order valence-corrected chi connectivity index (χ3v) is 4.89. The quantitative estimate of drug-likeness (QED) is 0.815. The van der Waals surface area contributed by atoms with Crippen LogP contribution in [0.2, 0.25) is 0 Å². The van der Waals surface area contributed by atoms with Gasteiger partial charge in [0.1, 0.15) is 5.82 Å². The number of thioether (sulfide) groups is 1. The summed E-state index contributed by atoms with van der Waals surface area (Å²) >= 11 is 2.04. The highest BCUT2D eigenvalue weighted by Gasteiger charge is 2.17. The van der Waals surface area contributed by atoms with E-state index in [0.717, 1.165) is 23.7 Å². The molecular formula is C15H18N2O2S. The van der Waals surface area contributed by atoms with Gasteiger partial charge in [0.05, 0.1) is 24.4 Å². The SMILES string of the molecule is COC(=O)c1ccn2c(CC3CCSCC3)ncc2c1. The van der Waals surface area contributed by atoms with Gasteiger partial charge in [0, 0.05) is 12.6 Å². The Morgan fingerprint density at radius 1 is 1.50 bits per heavy atom. The molecule has 2 aromatic heterocycles. The number of rotatable bonds is 3. The van der Waals surface area contributed by atoms with Gasteiger partial charge in [0.2, 0.25) is 0 Å². The molecule has 0 unspecified atom stereocenters. The fourth-order valence-electron chi connectivity index (χ4n) is 2.66. The fraction of sp³-hybridized carbons (Fsp3) is 0.467. The summed E-state index contributed by atoms with van der Waals surface area (Å²) in [6.45, 7) is 0. The van der Waals surface area contributed by atoms with Crippen LogP contribution in [0, 0.1) is 5.92 Å². The summed E-state index contributed by atoms with van der Waals surface area (Å²) in [5, 5.41) is 0. The van der Waals surface area contributed by atoms with Gasteiger partial charge in [-0.05, 0) is 42.4 Å². The third-order valence-electron chi connectivity index (χ3n) is 3.84. The minimum absolute atomic E-state index is 0.306. The molecule has 106 valence electrons. The number of carbonyl (C=O) groups excluding carboxylic acids is 1. The number of fused-ring (bicyclic) bond motifs is 1. The molecule has 0 amide bonds. The zero-order chi connectivity index (χ0) is 13.9. The molecule has 1 aliphatic heterocycles. The smallest absolute Gasteiger partial charge is 0.337 e. The van der Waals surface area contributed by atoms with Gasteiger partial charge in [-0.1, -0.05) is 0 Å². The molecular weight excluding hydrogens is 272 g/mol. The topological polar surface area (TPSA) is 43.6 Å². The maximum absolute atomic E-state index is 11.5. The lowest BCUT2D eigenvalue weighted by atomic mass is 9.98. The van der Waals surface area contributed by atoms with E-state index >= 15 is 0 Å². The first-order valence-electron chi connectivity index (χ1n) is 6.90. The largest absolute Gasteiger partial charge is 0.465 e. The number of esters is 1. The number of carbonyl (C=O) groups is 1. The van der Waals surface area contributed by atoms with Gasteiger partial charge in [-0.3, -0.25) is 0 Å². The van der Waals surface area contributed by atoms with E-state index in [2.05, 4.69) is 9.38 Å². The van der Waals surface area contributed by atoms with E-state index < -0.39 is 0 Å². The maximum atomic E-state index is 11.5. The minimum Gasteiger partial charge on any atom is -0.465 e. The van der Waals surface area contributed by atoms with Gasteiger partial charge in [-0.2, -0.15) is 11.8 Å². The van der Waals surface area contributed by atoms with Crippen molar-refractivity contribution in [3.63, 3.8) is 0 Å². The number of aromatic nitrogens is 2. The predicted octanol–water partition coefficient (Wildman–Crippen LogP) is 2.81. The van der Waals surface area contributed by atoms with Crippen molar-refractivity contribution in [1.29, 1.82) is 0 Å². The molecule has 0 saturated carbocycles. The molecule has 2 aromatic rings. The van der Waals surface area contributed by atoms with Gasteiger partial charge >= 0.3 is 5.97 Å². The molecule has 0 bridgehead atoms.